The van der Waals surface area contributed by atoms with Gasteiger partial charge in [-0.2, -0.15) is 0 Å². The highest BCUT2D eigenvalue weighted by Crippen LogP contribution is 2.32. The van der Waals surface area contributed by atoms with E-state index in [1.165, 1.54) is 12.1 Å². The number of rotatable bonds is 4. The maximum Gasteiger partial charge on any atom is 0.226 e. The second-order valence-electron chi connectivity index (χ2n) is 6.61. The molecule has 0 atom stereocenters. The maximum absolute atomic E-state index is 13.4. The summed E-state index contributed by atoms with van der Waals surface area (Å²) in [6, 6.07) is 6.78. The molecule has 1 aromatic rings. The molecule has 0 radical (unpaired) electrons. The third-order valence-electron chi connectivity index (χ3n) is 4.80. The molecule has 2 fully saturated rings. The molecule has 124 valence electrons. The molecule has 3 rings (SSSR count). The van der Waals surface area contributed by atoms with Crippen molar-refractivity contribution >= 4 is 11.8 Å². The zero-order chi connectivity index (χ0) is 16.4. The van der Waals surface area contributed by atoms with E-state index in [0.717, 1.165) is 31.2 Å². The van der Waals surface area contributed by atoms with Crippen LogP contribution in [0.1, 0.15) is 38.2 Å². The lowest BCUT2D eigenvalue weighted by Crippen LogP contribution is -2.44. The fraction of sp³-hybridized carbons (Fsp3) is 0.556. The van der Waals surface area contributed by atoms with Gasteiger partial charge in [0.1, 0.15) is 5.82 Å². The quantitative estimate of drug-likeness (QED) is 0.856. The van der Waals surface area contributed by atoms with Crippen LogP contribution in [0.4, 0.5) is 4.39 Å². The summed E-state index contributed by atoms with van der Waals surface area (Å²) in [7, 11) is 0. The van der Waals surface area contributed by atoms with Crippen LogP contribution in [0.2, 0.25) is 0 Å². The van der Waals surface area contributed by atoms with Crippen LogP contribution in [0.5, 0.6) is 0 Å². The number of hydrogen-bond donors (Lipinski definition) is 0. The Balaban J connectivity index is 1.64. The second kappa shape index (κ2) is 6.69. The van der Waals surface area contributed by atoms with Crippen LogP contribution in [0, 0.1) is 11.7 Å². The van der Waals surface area contributed by atoms with Crippen molar-refractivity contribution in [2.24, 2.45) is 5.92 Å². The molecule has 1 aliphatic heterocycles. The predicted octanol–water partition coefficient (Wildman–Crippen LogP) is 2.58. The van der Waals surface area contributed by atoms with Crippen LogP contribution in [0.3, 0.4) is 0 Å². The summed E-state index contributed by atoms with van der Waals surface area (Å²) < 4.78 is 13.4. The van der Waals surface area contributed by atoms with E-state index in [0.29, 0.717) is 25.7 Å². The molecule has 1 aliphatic carbocycles. The van der Waals surface area contributed by atoms with Crippen LogP contribution >= 0.6 is 0 Å². The highest BCUT2D eigenvalue weighted by molar-refractivity contribution is 5.80. The van der Waals surface area contributed by atoms with Crippen molar-refractivity contribution in [2.75, 3.05) is 13.1 Å². The molecule has 2 amide bonds. The summed E-state index contributed by atoms with van der Waals surface area (Å²) in [5, 5.41) is 0. The largest absolute Gasteiger partial charge is 0.343 e. The fourth-order valence-corrected chi connectivity index (χ4v) is 3.28. The van der Waals surface area contributed by atoms with Gasteiger partial charge in [-0.25, -0.2) is 4.39 Å². The summed E-state index contributed by atoms with van der Waals surface area (Å²) in [4.78, 5) is 28.0. The van der Waals surface area contributed by atoms with Crippen LogP contribution in [0.15, 0.2) is 24.3 Å². The Morgan fingerprint density at radius 3 is 2.48 bits per heavy atom. The number of hydrogen-bond acceptors (Lipinski definition) is 2. The molecule has 0 bridgehead atoms. The molecule has 1 heterocycles. The molecule has 0 aromatic heterocycles. The van der Waals surface area contributed by atoms with Gasteiger partial charge in [0.2, 0.25) is 11.8 Å². The molecule has 1 saturated carbocycles. The van der Waals surface area contributed by atoms with Crippen LogP contribution in [-0.2, 0) is 16.1 Å². The summed E-state index contributed by atoms with van der Waals surface area (Å²) in [6.07, 6.45) is 3.52. The van der Waals surface area contributed by atoms with Gasteiger partial charge in [-0.3, -0.25) is 9.59 Å². The molecule has 5 heteroatoms. The first kappa shape index (κ1) is 16.0. The van der Waals surface area contributed by atoms with E-state index in [4.69, 9.17) is 0 Å². The molecular formula is C18H23FN2O2. The SMILES string of the molecule is CC(=O)N1CCC(C(=O)N(Cc2cccc(F)c2)C2CC2)CC1. The average molecular weight is 318 g/mol. The number of benzene rings is 1. The van der Waals surface area contributed by atoms with E-state index in [9.17, 15) is 14.0 Å². The Morgan fingerprint density at radius 2 is 1.91 bits per heavy atom. The van der Waals surface area contributed by atoms with E-state index in [1.54, 1.807) is 17.9 Å². The molecule has 1 saturated heterocycles. The van der Waals surface area contributed by atoms with Crippen molar-refractivity contribution < 1.29 is 14.0 Å². The Hall–Kier alpha value is -1.91. The van der Waals surface area contributed by atoms with Crippen molar-refractivity contribution in [3.05, 3.63) is 35.6 Å². The summed E-state index contributed by atoms with van der Waals surface area (Å²) >= 11 is 0. The third kappa shape index (κ3) is 3.89. The van der Waals surface area contributed by atoms with Gasteiger partial charge in [0, 0.05) is 38.5 Å². The van der Waals surface area contributed by atoms with Crippen molar-refractivity contribution in [1.29, 1.82) is 0 Å². The zero-order valence-corrected chi connectivity index (χ0v) is 13.5. The number of likely N-dealkylation sites (tertiary alicyclic amines) is 1. The summed E-state index contributed by atoms with van der Waals surface area (Å²) in [5.74, 6) is -0.0325. The number of carbonyl (C=O) groups is 2. The number of carbonyl (C=O) groups excluding carboxylic acids is 2. The summed E-state index contributed by atoms with van der Waals surface area (Å²) in [5.41, 5.74) is 0.839. The van der Waals surface area contributed by atoms with Gasteiger partial charge in [-0.05, 0) is 43.4 Å². The van der Waals surface area contributed by atoms with Gasteiger partial charge < -0.3 is 9.80 Å². The minimum absolute atomic E-state index is 0.0141. The van der Waals surface area contributed by atoms with Crippen molar-refractivity contribution in [1.82, 2.24) is 9.80 Å². The third-order valence-corrected chi connectivity index (χ3v) is 4.80. The van der Waals surface area contributed by atoms with E-state index < -0.39 is 0 Å². The second-order valence-corrected chi connectivity index (χ2v) is 6.61. The predicted molar refractivity (Wildman–Crippen MR) is 85.0 cm³/mol. The minimum Gasteiger partial charge on any atom is -0.343 e. The lowest BCUT2D eigenvalue weighted by Gasteiger charge is -2.34. The van der Waals surface area contributed by atoms with Crippen LogP contribution in [0.25, 0.3) is 0 Å². The first-order valence-electron chi connectivity index (χ1n) is 8.35. The number of halogens is 1. The smallest absolute Gasteiger partial charge is 0.226 e. The van der Waals surface area contributed by atoms with E-state index in [1.807, 2.05) is 11.0 Å². The number of nitrogens with zero attached hydrogens (tertiary/aromatic N) is 2. The standard InChI is InChI=1S/C18H23FN2O2/c1-13(22)20-9-7-15(8-10-20)18(23)21(17-5-6-17)12-14-3-2-4-16(19)11-14/h2-4,11,15,17H,5-10,12H2,1H3. The Morgan fingerprint density at radius 1 is 1.22 bits per heavy atom. The topological polar surface area (TPSA) is 40.6 Å². The zero-order valence-electron chi connectivity index (χ0n) is 13.5. The van der Waals surface area contributed by atoms with E-state index in [-0.39, 0.29) is 23.5 Å². The number of piperidine rings is 1. The first-order chi connectivity index (χ1) is 11.0. The fourth-order valence-electron chi connectivity index (χ4n) is 3.28. The molecule has 1 aromatic carbocycles. The minimum atomic E-state index is -0.263. The monoisotopic (exact) mass is 318 g/mol. The Kier molecular flexibility index (Phi) is 4.64. The van der Waals surface area contributed by atoms with Gasteiger partial charge in [0.05, 0.1) is 0 Å². The lowest BCUT2D eigenvalue weighted by atomic mass is 9.95. The molecular weight excluding hydrogens is 295 g/mol. The molecule has 2 aliphatic rings. The highest BCUT2D eigenvalue weighted by Gasteiger charge is 2.37. The van der Waals surface area contributed by atoms with Crippen LogP contribution < -0.4 is 0 Å². The van der Waals surface area contributed by atoms with Crippen molar-refractivity contribution in [3.63, 3.8) is 0 Å². The van der Waals surface area contributed by atoms with Gasteiger partial charge in [-0.1, -0.05) is 12.1 Å². The molecule has 4 nitrogen and oxygen atoms in total. The Labute approximate surface area is 136 Å². The molecule has 0 N–H and O–H groups in total. The lowest BCUT2D eigenvalue weighted by molar-refractivity contribution is -0.141. The van der Waals surface area contributed by atoms with Crippen molar-refractivity contribution in [3.8, 4) is 0 Å². The molecule has 0 unspecified atom stereocenters. The van der Waals surface area contributed by atoms with Gasteiger partial charge in [0.15, 0.2) is 0 Å². The van der Waals surface area contributed by atoms with Crippen molar-refractivity contribution in [2.45, 2.75) is 45.2 Å². The van der Waals surface area contributed by atoms with E-state index >= 15 is 0 Å². The van der Waals surface area contributed by atoms with Crippen LogP contribution in [-0.4, -0.2) is 40.7 Å². The molecule has 0 spiro atoms. The highest BCUT2D eigenvalue weighted by atomic mass is 19.1. The Bertz CT molecular complexity index is 592. The van der Waals surface area contributed by atoms with Gasteiger partial charge in [0.25, 0.3) is 0 Å². The average Bonchev–Trinajstić information content (AvgIpc) is 3.37. The molecule has 23 heavy (non-hydrogen) atoms. The summed E-state index contributed by atoms with van der Waals surface area (Å²) in [6.45, 7) is 3.37. The van der Waals surface area contributed by atoms with Gasteiger partial charge in [-0.15, -0.1) is 0 Å². The van der Waals surface area contributed by atoms with Gasteiger partial charge >= 0.3 is 0 Å². The number of amides is 2. The first-order valence-corrected chi connectivity index (χ1v) is 8.35. The van der Waals surface area contributed by atoms with E-state index in [2.05, 4.69) is 0 Å². The normalized spacial score (nSPS) is 18.8. The maximum atomic E-state index is 13.4.